The van der Waals surface area contributed by atoms with Gasteiger partial charge in [-0.1, -0.05) is 11.6 Å². The molecule has 2 aromatic heterocycles. The Bertz CT molecular complexity index is 1130. The van der Waals surface area contributed by atoms with Gasteiger partial charge in [-0.15, -0.1) is 0 Å². The Morgan fingerprint density at radius 1 is 1.21 bits per heavy atom. The van der Waals surface area contributed by atoms with E-state index in [9.17, 15) is 4.79 Å². The molecule has 6 rings (SSSR count). The lowest BCUT2D eigenvalue weighted by atomic mass is 9.99. The Hall–Kier alpha value is -2.44. The molecule has 2 fully saturated rings. The molecule has 1 aromatic carbocycles. The molecule has 1 spiro atoms. The zero-order valence-electron chi connectivity index (χ0n) is 16.1. The topological polar surface area (TPSA) is 63.1 Å². The number of pyridine rings is 1. The number of carbonyl (C=O) groups is 1. The van der Waals surface area contributed by atoms with E-state index >= 15 is 0 Å². The molecule has 0 bridgehead atoms. The van der Waals surface area contributed by atoms with Gasteiger partial charge in [-0.25, -0.2) is 4.98 Å². The Kier molecular flexibility index (Phi) is 3.77. The Labute approximate surface area is 173 Å². The van der Waals surface area contributed by atoms with Crippen molar-refractivity contribution in [1.82, 2.24) is 19.9 Å². The van der Waals surface area contributed by atoms with Crippen molar-refractivity contribution < 1.29 is 4.79 Å². The van der Waals surface area contributed by atoms with Gasteiger partial charge < -0.3 is 14.8 Å². The fourth-order valence-electron chi connectivity index (χ4n) is 5.10. The second-order valence-corrected chi connectivity index (χ2v) is 8.81. The van der Waals surface area contributed by atoms with Gasteiger partial charge in [0.05, 0.1) is 34.9 Å². The number of rotatable bonds is 3. The number of hydrogen-bond donors (Lipinski definition) is 1. The first-order valence-corrected chi connectivity index (χ1v) is 10.7. The lowest BCUT2D eigenvalue weighted by Crippen LogP contribution is -2.34. The highest BCUT2D eigenvalue weighted by Crippen LogP contribution is 2.57. The van der Waals surface area contributed by atoms with Crippen molar-refractivity contribution in [1.29, 1.82) is 0 Å². The van der Waals surface area contributed by atoms with Crippen LogP contribution >= 0.6 is 11.6 Å². The van der Waals surface area contributed by atoms with Crippen LogP contribution in [0.3, 0.4) is 0 Å². The molecule has 1 N–H and O–H groups in total. The summed E-state index contributed by atoms with van der Waals surface area (Å²) < 4.78 is 2.34. The summed E-state index contributed by atoms with van der Waals surface area (Å²) in [6.07, 6.45) is 7.59. The summed E-state index contributed by atoms with van der Waals surface area (Å²) in [5, 5.41) is 4.12. The smallest absolute Gasteiger partial charge is 0.238 e. The largest absolute Gasteiger partial charge is 0.323 e. The minimum Gasteiger partial charge on any atom is -0.323 e. The summed E-state index contributed by atoms with van der Waals surface area (Å²) >= 11 is 6.24. The first kappa shape index (κ1) is 17.4. The summed E-state index contributed by atoms with van der Waals surface area (Å²) in [6, 6.07) is 8.28. The van der Waals surface area contributed by atoms with E-state index in [4.69, 9.17) is 16.6 Å². The molecule has 1 aliphatic carbocycles. The molecule has 2 aliphatic heterocycles. The number of hydrogen-bond acceptors (Lipinski definition) is 4. The fraction of sp³-hybridized carbons (Fsp3) is 0.409. The monoisotopic (exact) mass is 407 g/mol. The van der Waals surface area contributed by atoms with E-state index < -0.39 is 0 Å². The van der Waals surface area contributed by atoms with Crippen LogP contribution < -0.4 is 10.2 Å². The van der Waals surface area contributed by atoms with E-state index in [1.54, 1.807) is 6.20 Å². The summed E-state index contributed by atoms with van der Waals surface area (Å²) in [5.41, 5.74) is 3.75. The van der Waals surface area contributed by atoms with Gasteiger partial charge >= 0.3 is 0 Å². The summed E-state index contributed by atoms with van der Waals surface area (Å²) in [5.74, 6) is 1.12. The molecule has 29 heavy (non-hydrogen) atoms. The molecule has 7 heteroatoms. The predicted octanol–water partition coefficient (Wildman–Crippen LogP) is 3.59. The zero-order valence-corrected chi connectivity index (χ0v) is 16.8. The highest BCUT2D eigenvalue weighted by molar-refractivity contribution is 6.31. The van der Waals surface area contributed by atoms with E-state index in [0.29, 0.717) is 17.6 Å². The normalized spacial score (nSPS) is 20.6. The molecule has 1 amide bonds. The third kappa shape index (κ3) is 2.55. The number of nitrogens with zero attached hydrogens (tertiary/aromatic N) is 4. The third-order valence-electron chi connectivity index (χ3n) is 6.71. The molecule has 0 radical (unpaired) electrons. The first-order chi connectivity index (χ1) is 14.2. The van der Waals surface area contributed by atoms with Crippen molar-refractivity contribution in [3.8, 4) is 0 Å². The van der Waals surface area contributed by atoms with Crippen molar-refractivity contribution in [2.24, 2.45) is 0 Å². The van der Waals surface area contributed by atoms with Gasteiger partial charge in [-0.05, 0) is 68.6 Å². The minimum atomic E-state index is -0.312. The van der Waals surface area contributed by atoms with Crippen molar-refractivity contribution in [2.75, 3.05) is 18.0 Å². The molecular weight excluding hydrogens is 386 g/mol. The van der Waals surface area contributed by atoms with Crippen LogP contribution in [0.1, 0.15) is 43.1 Å². The van der Waals surface area contributed by atoms with E-state index in [1.165, 1.54) is 0 Å². The van der Waals surface area contributed by atoms with Gasteiger partial charge in [-0.3, -0.25) is 9.78 Å². The first-order valence-electron chi connectivity index (χ1n) is 10.3. The van der Waals surface area contributed by atoms with Gasteiger partial charge in [0.1, 0.15) is 5.82 Å². The average Bonchev–Trinajstić information content (AvgIpc) is 3.43. The second-order valence-electron chi connectivity index (χ2n) is 8.38. The van der Waals surface area contributed by atoms with Crippen LogP contribution in [0.2, 0.25) is 5.02 Å². The van der Waals surface area contributed by atoms with Crippen LogP contribution in [-0.4, -0.2) is 33.5 Å². The molecule has 1 saturated heterocycles. The number of imidazole rings is 1. The predicted molar refractivity (Wildman–Crippen MR) is 112 cm³/mol. The van der Waals surface area contributed by atoms with Gasteiger partial charge in [0, 0.05) is 17.3 Å². The maximum Gasteiger partial charge on any atom is 0.238 e. The van der Waals surface area contributed by atoms with E-state index in [1.807, 2.05) is 29.3 Å². The Morgan fingerprint density at radius 2 is 2.03 bits per heavy atom. The van der Waals surface area contributed by atoms with Crippen LogP contribution in [0.4, 0.5) is 5.69 Å². The van der Waals surface area contributed by atoms with Crippen LogP contribution in [0.5, 0.6) is 0 Å². The van der Waals surface area contributed by atoms with Gasteiger partial charge in [0.2, 0.25) is 5.91 Å². The van der Waals surface area contributed by atoms with E-state index in [2.05, 4.69) is 20.9 Å². The standard InChI is InChI=1S/C22H22ClN5O/c23-14-1-2-18-17(11-14)26-20(28(18)15-3-8-24-9-4-15)13-27-19-12-25-10-5-16(19)22(6-7-22)21(27)29/h1-2,5,10-12,15,24H,3-4,6-9,13H2. The maximum absolute atomic E-state index is 13.3. The summed E-state index contributed by atoms with van der Waals surface area (Å²) in [4.78, 5) is 24.5. The molecule has 3 aliphatic rings. The Morgan fingerprint density at radius 3 is 2.83 bits per heavy atom. The number of benzene rings is 1. The maximum atomic E-state index is 13.3. The number of fused-ring (bicyclic) bond motifs is 3. The number of piperidine rings is 1. The number of halogens is 1. The van der Waals surface area contributed by atoms with Crippen molar-refractivity contribution in [2.45, 2.75) is 43.7 Å². The molecule has 6 nitrogen and oxygen atoms in total. The lowest BCUT2D eigenvalue weighted by molar-refractivity contribution is -0.120. The molecule has 0 atom stereocenters. The highest BCUT2D eigenvalue weighted by Gasteiger charge is 2.59. The van der Waals surface area contributed by atoms with Crippen molar-refractivity contribution in [3.63, 3.8) is 0 Å². The van der Waals surface area contributed by atoms with Crippen LogP contribution in [0, 0.1) is 0 Å². The SMILES string of the molecule is O=C1N(Cc2nc3cc(Cl)ccc3n2C2CCNCC2)c2cnccc2C12CC2. The van der Waals surface area contributed by atoms with Crippen LogP contribution in [-0.2, 0) is 16.8 Å². The molecule has 4 heterocycles. The van der Waals surface area contributed by atoms with Gasteiger partial charge in [0.25, 0.3) is 0 Å². The number of aromatic nitrogens is 3. The Balaban J connectivity index is 1.46. The zero-order chi connectivity index (χ0) is 19.6. The fourth-order valence-corrected chi connectivity index (χ4v) is 5.27. The molecule has 3 aromatic rings. The summed E-state index contributed by atoms with van der Waals surface area (Å²) in [6.45, 7) is 2.46. The average molecular weight is 408 g/mol. The number of amides is 1. The summed E-state index contributed by atoms with van der Waals surface area (Å²) in [7, 11) is 0. The highest BCUT2D eigenvalue weighted by atomic mass is 35.5. The van der Waals surface area contributed by atoms with E-state index in [-0.39, 0.29) is 11.3 Å². The van der Waals surface area contributed by atoms with Gasteiger partial charge in [-0.2, -0.15) is 0 Å². The number of anilines is 1. The quantitative estimate of drug-likeness (QED) is 0.720. The van der Waals surface area contributed by atoms with Gasteiger partial charge in [0.15, 0.2) is 0 Å². The molecular formula is C22H22ClN5O. The minimum absolute atomic E-state index is 0.197. The van der Waals surface area contributed by atoms with E-state index in [0.717, 1.165) is 66.9 Å². The lowest BCUT2D eigenvalue weighted by Gasteiger charge is -2.27. The number of nitrogens with one attached hydrogen (secondary N) is 1. The molecule has 148 valence electrons. The second kappa shape index (κ2) is 6.28. The third-order valence-corrected chi connectivity index (χ3v) is 6.94. The number of carbonyl (C=O) groups excluding carboxylic acids is 1. The molecule has 1 saturated carbocycles. The van der Waals surface area contributed by atoms with Crippen LogP contribution in [0.25, 0.3) is 11.0 Å². The van der Waals surface area contributed by atoms with Crippen molar-refractivity contribution in [3.05, 3.63) is 53.1 Å². The van der Waals surface area contributed by atoms with Crippen LogP contribution in [0.15, 0.2) is 36.7 Å². The van der Waals surface area contributed by atoms with Crippen molar-refractivity contribution >= 4 is 34.2 Å². The molecule has 0 unspecified atom stereocenters.